The van der Waals surface area contributed by atoms with Crippen molar-refractivity contribution >= 4 is 5.82 Å². The van der Waals surface area contributed by atoms with Crippen molar-refractivity contribution in [1.82, 2.24) is 4.98 Å². The number of aryl methyl sites for hydroxylation is 1. The van der Waals surface area contributed by atoms with Crippen LogP contribution in [0.2, 0.25) is 0 Å². The normalized spacial score (nSPS) is 11.4. The first-order chi connectivity index (χ1) is 5.88. The van der Waals surface area contributed by atoms with E-state index in [1.807, 2.05) is 0 Å². The molecule has 0 fully saturated rings. The Morgan fingerprint density at radius 2 is 2.00 bits per heavy atom. The van der Waals surface area contributed by atoms with Crippen molar-refractivity contribution in [3.05, 3.63) is 17.7 Å². The lowest BCUT2D eigenvalue weighted by Gasteiger charge is -2.09. The maximum atomic E-state index is 11.8. The number of nitrogens with zero attached hydrogens (tertiary/aromatic N) is 1. The Balaban J connectivity index is 2.94. The van der Waals surface area contributed by atoms with Crippen LogP contribution in [0.1, 0.15) is 5.56 Å². The second-order valence-corrected chi connectivity index (χ2v) is 2.41. The molecule has 1 aromatic heterocycles. The van der Waals surface area contributed by atoms with E-state index in [0.29, 0.717) is 0 Å². The quantitative estimate of drug-likeness (QED) is 0.738. The number of rotatable bonds is 1. The van der Waals surface area contributed by atoms with Crippen LogP contribution in [-0.2, 0) is 0 Å². The maximum Gasteiger partial charge on any atom is 0.574 e. The second-order valence-electron chi connectivity index (χ2n) is 2.41. The Morgan fingerprint density at radius 3 is 2.54 bits per heavy atom. The first-order valence-electron chi connectivity index (χ1n) is 3.37. The maximum absolute atomic E-state index is 11.8. The van der Waals surface area contributed by atoms with Crippen LogP contribution in [0.3, 0.4) is 0 Å². The lowest BCUT2D eigenvalue weighted by atomic mass is 10.3. The third kappa shape index (κ3) is 2.81. The van der Waals surface area contributed by atoms with Gasteiger partial charge < -0.3 is 10.5 Å². The monoisotopic (exact) mass is 192 g/mol. The summed E-state index contributed by atoms with van der Waals surface area (Å²) < 4.78 is 38.9. The highest BCUT2D eigenvalue weighted by Crippen LogP contribution is 2.24. The molecule has 0 radical (unpaired) electrons. The largest absolute Gasteiger partial charge is 0.574 e. The number of anilines is 1. The van der Waals surface area contributed by atoms with Gasteiger partial charge in [-0.2, -0.15) is 4.98 Å². The Hall–Kier alpha value is -1.46. The molecule has 13 heavy (non-hydrogen) atoms. The van der Waals surface area contributed by atoms with E-state index in [2.05, 4.69) is 9.72 Å². The zero-order valence-electron chi connectivity index (χ0n) is 6.72. The fourth-order valence-corrected chi connectivity index (χ4v) is 0.737. The lowest BCUT2D eigenvalue weighted by Crippen LogP contribution is -2.18. The van der Waals surface area contributed by atoms with Crippen molar-refractivity contribution in [2.24, 2.45) is 0 Å². The van der Waals surface area contributed by atoms with Gasteiger partial charge in [0.05, 0.1) is 0 Å². The highest BCUT2D eigenvalue weighted by Gasteiger charge is 2.32. The summed E-state index contributed by atoms with van der Waals surface area (Å²) in [6.07, 6.45) is -4.73. The summed E-state index contributed by atoms with van der Waals surface area (Å²) in [5.74, 6) is -0.516. The molecule has 2 N–H and O–H groups in total. The van der Waals surface area contributed by atoms with E-state index in [1.54, 1.807) is 0 Å². The molecule has 0 spiro atoms. The van der Waals surface area contributed by atoms with Crippen LogP contribution in [0.5, 0.6) is 5.88 Å². The molecule has 6 heteroatoms. The average molecular weight is 192 g/mol. The molecular formula is C7H7F3N2O. The molecule has 0 bridgehead atoms. The molecule has 3 nitrogen and oxygen atoms in total. The number of pyridine rings is 1. The van der Waals surface area contributed by atoms with Crippen molar-refractivity contribution in [2.45, 2.75) is 13.3 Å². The van der Waals surface area contributed by atoms with Gasteiger partial charge in [-0.3, -0.25) is 0 Å². The first-order valence-corrected chi connectivity index (χ1v) is 3.37. The number of ether oxygens (including phenoxy) is 1. The Kier molecular flexibility index (Phi) is 2.31. The van der Waals surface area contributed by atoms with Gasteiger partial charge in [-0.15, -0.1) is 13.2 Å². The van der Waals surface area contributed by atoms with Crippen LogP contribution in [0, 0.1) is 6.92 Å². The minimum atomic E-state index is -4.73. The van der Waals surface area contributed by atoms with Crippen LogP contribution >= 0.6 is 0 Å². The van der Waals surface area contributed by atoms with Crippen molar-refractivity contribution in [3.63, 3.8) is 0 Å². The van der Waals surface area contributed by atoms with E-state index in [1.165, 1.54) is 19.1 Å². The van der Waals surface area contributed by atoms with Gasteiger partial charge in [-0.25, -0.2) is 0 Å². The zero-order valence-corrected chi connectivity index (χ0v) is 6.72. The molecule has 0 unspecified atom stereocenters. The van der Waals surface area contributed by atoms with Crippen LogP contribution in [0.25, 0.3) is 0 Å². The summed E-state index contributed by atoms with van der Waals surface area (Å²) in [6.45, 7) is 1.45. The smallest absolute Gasteiger partial charge is 0.388 e. The second kappa shape index (κ2) is 3.12. The fourth-order valence-electron chi connectivity index (χ4n) is 0.737. The molecule has 1 aromatic rings. The summed E-state index contributed by atoms with van der Waals surface area (Å²) in [4.78, 5) is 3.39. The van der Waals surface area contributed by atoms with E-state index in [-0.39, 0.29) is 11.4 Å². The summed E-state index contributed by atoms with van der Waals surface area (Å²) >= 11 is 0. The summed E-state index contributed by atoms with van der Waals surface area (Å²) in [5.41, 5.74) is 5.47. The molecule has 0 aliphatic carbocycles. The van der Waals surface area contributed by atoms with E-state index < -0.39 is 12.2 Å². The van der Waals surface area contributed by atoms with Gasteiger partial charge in [-0.1, -0.05) is 6.07 Å². The number of hydrogen-bond acceptors (Lipinski definition) is 3. The van der Waals surface area contributed by atoms with Gasteiger partial charge in [0.15, 0.2) is 0 Å². The summed E-state index contributed by atoms with van der Waals surface area (Å²) in [5, 5.41) is 0. The van der Waals surface area contributed by atoms with Gasteiger partial charge in [-0.05, 0) is 13.0 Å². The predicted octanol–water partition coefficient (Wildman–Crippen LogP) is 1.87. The minimum Gasteiger partial charge on any atom is -0.388 e. The number of hydrogen-bond donors (Lipinski definition) is 1. The number of nitrogens with two attached hydrogens (primary N) is 1. The van der Waals surface area contributed by atoms with Crippen LogP contribution in [0.15, 0.2) is 12.1 Å². The molecule has 0 aliphatic rings. The topological polar surface area (TPSA) is 48.1 Å². The molecule has 0 amide bonds. The Morgan fingerprint density at radius 1 is 1.38 bits per heavy atom. The van der Waals surface area contributed by atoms with Gasteiger partial charge in [0.1, 0.15) is 5.82 Å². The standard InChI is InChI=1S/C7H7F3N2O/c1-4-2-3-5(11)12-6(4)13-7(8,9)10/h2-3H,1H3,(H2,11,12). The third-order valence-electron chi connectivity index (χ3n) is 1.28. The highest BCUT2D eigenvalue weighted by atomic mass is 19.4. The molecule has 72 valence electrons. The number of alkyl halides is 3. The van der Waals surface area contributed by atoms with E-state index in [4.69, 9.17) is 5.73 Å². The molecule has 0 aliphatic heterocycles. The minimum absolute atomic E-state index is 0.00940. The van der Waals surface area contributed by atoms with Crippen molar-refractivity contribution in [2.75, 3.05) is 5.73 Å². The van der Waals surface area contributed by atoms with Crippen LogP contribution in [-0.4, -0.2) is 11.3 Å². The Labute approximate surface area is 72.3 Å². The Bertz CT molecular complexity index is 311. The molecule has 0 saturated carbocycles. The SMILES string of the molecule is Cc1ccc(N)nc1OC(F)(F)F. The average Bonchev–Trinajstić information content (AvgIpc) is 1.94. The number of nitrogen functional groups attached to an aromatic ring is 1. The van der Waals surface area contributed by atoms with Gasteiger partial charge >= 0.3 is 6.36 Å². The van der Waals surface area contributed by atoms with E-state index in [0.717, 1.165) is 0 Å². The van der Waals surface area contributed by atoms with Crippen molar-refractivity contribution in [1.29, 1.82) is 0 Å². The molecule has 1 heterocycles. The number of aromatic nitrogens is 1. The van der Waals surface area contributed by atoms with Gasteiger partial charge in [0.2, 0.25) is 5.88 Å². The van der Waals surface area contributed by atoms with E-state index >= 15 is 0 Å². The molecule has 0 saturated heterocycles. The number of halogens is 3. The van der Waals surface area contributed by atoms with E-state index in [9.17, 15) is 13.2 Å². The van der Waals surface area contributed by atoms with Crippen LogP contribution < -0.4 is 10.5 Å². The predicted molar refractivity (Wildman–Crippen MR) is 40.1 cm³/mol. The summed E-state index contributed by atoms with van der Waals surface area (Å²) in [7, 11) is 0. The molecular weight excluding hydrogens is 185 g/mol. The third-order valence-corrected chi connectivity index (χ3v) is 1.28. The van der Waals surface area contributed by atoms with Gasteiger partial charge in [0.25, 0.3) is 0 Å². The van der Waals surface area contributed by atoms with Gasteiger partial charge in [0, 0.05) is 5.56 Å². The van der Waals surface area contributed by atoms with Crippen molar-refractivity contribution in [3.8, 4) is 5.88 Å². The fraction of sp³-hybridized carbons (Fsp3) is 0.286. The first kappa shape index (κ1) is 9.63. The molecule has 0 atom stereocenters. The molecule has 1 rings (SSSR count). The molecule has 0 aromatic carbocycles. The van der Waals surface area contributed by atoms with Crippen molar-refractivity contribution < 1.29 is 17.9 Å². The summed E-state index contributed by atoms with van der Waals surface area (Å²) in [6, 6.07) is 2.81. The highest BCUT2D eigenvalue weighted by molar-refractivity contribution is 5.36. The lowest BCUT2D eigenvalue weighted by molar-refractivity contribution is -0.276. The zero-order chi connectivity index (χ0) is 10.1. The van der Waals surface area contributed by atoms with Crippen LogP contribution in [0.4, 0.5) is 19.0 Å².